The number of nitrogens with zero attached hydrogens (tertiary/aromatic N) is 1. The summed E-state index contributed by atoms with van der Waals surface area (Å²) in [5.74, 6) is -1.09. The molecule has 7 nitrogen and oxygen atoms in total. The van der Waals surface area contributed by atoms with Crippen molar-refractivity contribution in [1.29, 1.82) is 0 Å². The van der Waals surface area contributed by atoms with E-state index < -0.39 is 29.6 Å². The van der Waals surface area contributed by atoms with Gasteiger partial charge in [-0.3, -0.25) is 19.3 Å². The number of carbonyl (C=O) groups is 3. The van der Waals surface area contributed by atoms with Crippen LogP contribution in [0.1, 0.15) is 45.7 Å². The van der Waals surface area contributed by atoms with Crippen LogP contribution in [0.2, 0.25) is 5.02 Å². The number of benzene rings is 2. The maximum Gasteiger partial charge on any atom is 0.325 e. The van der Waals surface area contributed by atoms with Gasteiger partial charge >= 0.3 is 5.97 Å². The number of fused-ring (bicyclic) bond motifs is 1. The van der Waals surface area contributed by atoms with Gasteiger partial charge in [0.2, 0.25) is 5.91 Å². The first-order valence-corrected chi connectivity index (χ1v) is 10.8. The van der Waals surface area contributed by atoms with Crippen LogP contribution >= 0.6 is 11.6 Å². The minimum Gasteiger partial charge on any atom is -0.480 e. The van der Waals surface area contributed by atoms with E-state index in [1.807, 2.05) is 13.0 Å². The van der Waals surface area contributed by atoms with Gasteiger partial charge in [0, 0.05) is 16.3 Å². The van der Waals surface area contributed by atoms with Gasteiger partial charge < -0.3 is 14.8 Å². The molecule has 3 rings (SSSR count). The Hall–Kier alpha value is -3.06. The lowest BCUT2D eigenvalue weighted by Crippen LogP contribution is -2.48. The summed E-state index contributed by atoms with van der Waals surface area (Å²) in [5.41, 5.74) is 0.288. The lowest BCUT2D eigenvalue weighted by Gasteiger charge is -2.30. The van der Waals surface area contributed by atoms with E-state index in [-0.39, 0.29) is 12.5 Å². The average molecular weight is 459 g/mol. The molecule has 2 amide bonds. The average Bonchev–Trinajstić information content (AvgIpc) is 2.85. The molecule has 8 heteroatoms. The number of amides is 2. The number of hydrogen-bond donors (Lipinski definition) is 1. The van der Waals surface area contributed by atoms with Crippen molar-refractivity contribution in [3.63, 3.8) is 0 Å². The smallest absolute Gasteiger partial charge is 0.325 e. The van der Waals surface area contributed by atoms with E-state index in [1.54, 1.807) is 63.2 Å². The SMILES string of the molecule is CCC1Oc2ccc(Cl)cc2C(C(=O)NCC(=O)OC(C)(C)C)N(c2ccccc2)C1=O. The first-order valence-electron chi connectivity index (χ1n) is 10.4. The zero-order valence-electron chi connectivity index (χ0n) is 18.6. The fraction of sp³-hybridized carbons (Fsp3) is 0.375. The van der Waals surface area contributed by atoms with Gasteiger partial charge in [-0.1, -0.05) is 36.7 Å². The van der Waals surface area contributed by atoms with Crippen molar-refractivity contribution in [2.75, 3.05) is 11.4 Å². The Kier molecular flexibility index (Phi) is 7.09. The second kappa shape index (κ2) is 9.61. The molecule has 2 aromatic rings. The number of anilines is 1. The summed E-state index contributed by atoms with van der Waals surface area (Å²) in [6, 6.07) is 12.7. The van der Waals surface area contributed by atoms with Gasteiger partial charge in [0.05, 0.1) is 0 Å². The molecular formula is C24H27ClN2O5. The van der Waals surface area contributed by atoms with Crippen LogP contribution < -0.4 is 15.0 Å². The van der Waals surface area contributed by atoms with Crippen molar-refractivity contribution in [3.8, 4) is 5.75 Å². The maximum atomic E-state index is 13.5. The molecule has 0 radical (unpaired) electrons. The number of ether oxygens (including phenoxy) is 2. The minimum atomic E-state index is -1.09. The standard InChI is InChI=1S/C24H27ClN2O5/c1-5-18-23(30)27(16-9-7-6-8-10-16)21(17-13-15(25)11-12-19(17)31-18)22(29)26-14-20(28)32-24(2,3)4/h6-13,18,21H,5,14H2,1-4H3,(H,26,29). The Morgan fingerprint density at radius 2 is 1.84 bits per heavy atom. The first kappa shape index (κ1) is 23.6. The lowest BCUT2D eigenvalue weighted by molar-refractivity contribution is -0.154. The van der Waals surface area contributed by atoms with Crippen LogP contribution in [0.4, 0.5) is 5.69 Å². The zero-order chi connectivity index (χ0) is 23.5. The quantitative estimate of drug-likeness (QED) is 0.683. The molecule has 32 heavy (non-hydrogen) atoms. The summed E-state index contributed by atoms with van der Waals surface area (Å²) < 4.78 is 11.3. The molecule has 0 fully saturated rings. The molecule has 0 aliphatic carbocycles. The van der Waals surface area contributed by atoms with Crippen molar-refractivity contribution < 1.29 is 23.9 Å². The molecule has 0 bridgehead atoms. The lowest BCUT2D eigenvalue weighted by atomic mass is 10.0. The van der Waals surface area contributed by atoms with Gasteiger partial charge in [0.1, 0.15) is 23.9 Å². The van der Waals surface area contributed by atoms with E-state index in [1.165, 1.54) is 4.90 Å². The van der Waals surface area contributed by atoms with Gasteiger partial charge in [-0.2, -0.15) is 0 Å². The van der Waals surface area contributed by atoms with Crippen molar-refractivity contribution in [2.45, 2.75) is 51.9 Å². The molecule has 0 aromatic heterocycles. The Labute approximate surface area is 192 Å². The molecule has 2 aromatic carbocycles. The Morgan fingerprint density at radius 3 is 2.47 bits per heavy atom. The number of halogens is 1. The number of esters is 1. The van der Waals surface area contributed by atoms with E-state index in [9.17, 15) is 14.4 Å². The normalized spacial score (nSPS) is 18.3. The Balaban J connectivity index is 2.03. The van der Waals surface area contributed by atoms with Crippen LogP contribution in [-0.4, -0.2) is 36.0 Å². The summed E-state index contributed by atoms with van der Waals surface area (Å²) >= 11 is 6.24. The number of para-hydroxylation sites is 1. The predicted octanol–water partition coefficient (Wildman–Crippen LogP) is 4.04. The molecule has 2 unspecified atom stereocenters. The third-order valence-corrected chi connectivity index (χ3v) is 5.02. The monoisotopic (exact) mass is 458 g/mol. The van der Waals surface area contributed by atoms with Gasteiger partial charge in [-0.05, 0) is 57.5 Å². The van der Waals surface area contributed by atoms with Crippen LogP contribution in [0.5, 0.6) is 5.75 Å². The molecule has 0 saturated heterocycles. The van der Waals surface area contributed by atoms with E-state index >= 15 is 0 Å². The molecule has 0 saturated carbocycles. The van der Waals surface area contributed by atoms with Gasteiger partial charge in [0.25, 0.3) is 5.91 Å². The highest BCUT2D eigenvalue weighted by atomic mass is 35.5. The van der Waals surface area contributed by atoms with Gasteiger partial charge in [0.15, 0.2) is 6.10 Å². The molecule has 1 N–H and O–H groups in total. The Bertz CT molecular complexity index is 1000. The number of carbonyl (C=O) groups excluding carboxylic acids is 3. The Morgan fingerprint density at radius 1 is 1.16 bits per heavy atom. The number of nitrogens with one attached hydrogen (secondary N) is 1. The second-order valence-electron chi connectivity index (χ2n) is 8.45. The van der Waals surface area contributed by atoms with E-state index in [2.05, 4.69) is 5.32 Å². The molecule has 170 valence electrons. The molecule has 1 aliphatic heterocycles. The van der Waals surface area contributed by atoms with Gasteiger partial charge in [-0.25, -0.2) is 0 Å². The summed E-state index contributed by atoms with van der Waals surface area (Å²) in [6.45, 7) is 6.73. The van der Waals surface area contributed by atoms with E-state index in [0.29, 0.717) is 28.4 Å². The van der Waals surface area contributed by atoms with Crippen molar-refractivity contribution in [3.05, 3.63) is 59.1 Å². The van der Waals surface area contributed by atoms with Crippen LogP contribution in [0.3, 0.4) is 0 Å². The van der Waals surface area contributed by atoms with Gasteiger partial charge in [-0.15, -0.1) is 0 Å². The molecular weight excluding hydrogens is 432 g/mol. The summed E-state index contributed by atoms with van der Waals surface area (Å²) in [6.07, 6.45) is -0.366. The van der Waals surface area contributed by atoms with Crippen molar-refractivity contribution in [1.82, 2.24) is 5.32 Å². The second-order valence-corrected chi connectivity index (χ2v) is 8.88. The predicted molar refractivity (Wildman–Crippen MR) is 122 cm³/mol. The van der Waals surface area contributed by atoms with E-state index in [0.717, 1.165) is 0 Å². The highest BCUT2D eigenvalue weighted by Gasteiger charge is 2.41. The fourth-order valence-corrected chi connectivity index (χ4v) is 3.66. The van der Waals surface area contributed by atoms with Crippen LogP contribution in [0.25, 0.3) is 0 Å². The van der Waals surface area contributed by atoms with E-state index in [4.69, 9.17) is 21.1 Å². The molecule has 1 heterocycles. The highest BCUT2D eigenvalue weighted by Crippen LogP contribution is 2.39. The topological polar surface area (TPSA) is 84.9 Å². The minimum absolute atomic E-state index is 0.336. The summed E-state index contributed by atoms with van der Waals surface area (Å²) in [7, 11) is 0. The van der Waals surface area contributed by atoms with Crippen molar-refractivity contribution >= 4 is 35.1 Å². The van der Waals surface area contributed by atoms with Crippen LogP contribution in [-0.2, 0) is 19.1 Å². The highest BCUT2D eigenvalue weighted by molar-refractivity contribution is 6.30. The number of hydrogen-bond acceptors (Lipinski definition) is 5. The summed E-state index contributed by atoms with van der Waals surface area (Å²) in [4.78, 5) is 40.4. The third-order valence-electron chi connectivity index (χ3n) is 4.79. The third kappa shape index (κ3) is 5.40. The van der Waals surface area contributed by atoms with Crippen molar-refractivity contribution in [2.24, 2.45) is 0 Å². The fourth-order valence-electron chi connectivity index (χ4n) is 3.48. The molecule has 1 aliphatic rings. The largest absolute Gasteiger partial charge is 0.480 e. The van der Waals surface area contributed by atoms with Crippen LogP contribution in [0.15, 0.2) is 48.5 Å². The first-order chi connectivity index (χ1) is 15.1. The van der Waals surface area contributed by atoms with Crippen LogP contribution in [0, 0.1) is 0 Å². The zero-order valence-corrected chi connectivity index (χ0v) is 19.3. The molecule has 0 spiro atoms. The number of rotatable bonds is 5. The maximum absolute atomic E-state index is 13.5. The molecule has 2 atom stereocenters. The summed E-state index contributed by atoms with van der Waals surface area (Å²) in [5, 5.41) is 3.01.